The molecule has 21 heavy (non-hydrogen) atoms. The zero-order chi connectivity index (χ0) is 15.5. The van der Waals surface area contributed by atoms with Crippen molar-refractivity contribution in [3.8, 4) is 0 Å². The molecule has 0 saturated carbocycles. The molecule has 0 spiro atoms. The second-order valence-electron chi connectivity index (χ2n) is 6.08. The molecule has 0 saturated heterocycles. The summed E-state index contributed by atoms with van der Waals surface area (Å²) in [4.78, 5) is 18.4. The smallest absolute Gasteiger partial charge is 0.240 e. The van der Waals surface area contributed by atoms with Crippen LogP contribution in [0, 0.1) is 5.41 Å². The van der Waals surface area contributed by atoms with Crippen LogP contribution in [0.15, 0.2) is 24.3 Å². The van der Waals surface area contributed by atoms with Crippen LogP contribution < -0.4 is 11.1 Å². The molecule has 0 bridgehead atoms. The van der Waals surface area contributed by atoms with Gasteiger partial charge < -0.3 is 11.1 Å². The molecule has 2 rings (SSSR count). The summed E-state index contributed by atoms with van der Waals surface area (Å²) in [6.45, 7) is 5.89. The van der Waals surface area contributed by atoms with Crippen LogP contribution in [0.5, 0.6) is 0 Å². The molecule has 0 fully saturated rings. The van der Waals surface area contributed by atoms with Crippen LogP contribution in [0.3, 0.4) is 0 Å². The van der Waals surface area contributed by atoms with Crippen molar-refractivity contribution in [2.45, 2.75) is 13.8 Å². The lowest BCUT2D eigenvalue weighted by atomic mass is 9.93. The number of para-hydroxylation sites is 1. The van der Waals surface area contributed by atoms with E-state index < -0.39 is 0 Å². The molecule has 0 unspecified atom stereocenters. The Labute approximate surface area is 129 Å². The van der Waals surface area contributed by atoms with Gasteiger partial charge in [0.1, 0.15) is 0 Å². The number of benzene rings is 1. The van der Waals surface area contributed by atoms with E-state index >= 15 is 0 Å². The van der Waals surface area contributed by atoms with Crippen LogP contribution in [0.25, 0.3) is 10.2 Å². The molecule has 114 valence electrons. The number of fused-ring (bicyclic) bond motifs is 1. The first-order chi connectivity index (χ1) is 9.89. The van der Waals surface area contributed by atoms with Crippen LogP contribution >= 0.6 is 11.3 Å². The predicted octanol–water partition coefficient (Wildman–Crippen LogP) is 2.15. The Morgan fingerprint density at radius 3 is 2.81 bits per heavy atom. The third-order valence-electron chi connectivity index (χ3n) is 3.20. The van der Waals surface area contributed by atoms with Gasteiger partial charge in [0.2, 0.25) is 5.91 Å². The van der Waals surface area contributed by atoms with Crippen LogP contribution in [-0.2, 0) is 4.79 Å². The number of anilines is 1. The van der Waals surface area contributed by atoms with Crippen LogP contribution in [0.2, 0.25) is 0 Å². The monoisotopic (exact) mass is 306 g/mol. The van der Waals surface area contributed by atoms with E-state index in [-0.39, 0.29) is 11.3 Å². The summed E-state index contributed by atoms with van der Waals surface area (Å²) in [5.74, 6) is -0.0515. The highest BCUT2D eigenvalue weighted by molar-refractivity contribution is 7.22. The molecule has 1 heterocycles. The van der Waals surface area contributed by atoms with E-state index in [0.29, 0.717) is 18.2 Å². The predicted molar refractivity (Wildman–Crippen MR) is 88.6 cm³/mol. The average molecular weight is 306 g/mol. The standard InChI is InChI=1S/C15H22N4OS/c1-15(2,9-16)10-19(3)8-13(20)18-14-17-11-6-4-5-7-12(11)21-14/h4-7H,8-10,16H2,1-3H3,(H,17,18,20). The van der Waals surface area contributed by atoms with Gasteiger partial charge in [-0.3, -0.25) is 9.69 Å². The number of nitrogens with zero attached hydrogens (tertiary/aromatic N) is 2. The lowest BCUT2D eigenvalue weighted by Crippen LogP contribution is -2.40. The van der Waals surface area contributed by atoms with Gasteiger partial charge in [-0.2, -0.15) is 0 Å². The van der Waals surface area contributed by atoms with Gasteiger partial charge in [0, 0.05) is 6.54 Å². The fourth-order valence-electron chi connectivity index (χ4n) is 2.18. The molecule has 1 amide bonds. The highest BCUT2D eigenvalue weighted by Gasteiger charge is 2.19. The second kappa shape index (κ2) is 6.51. The Kier molecular flexibility index (Phi) is 4.92. The Balaban J connectivity index is 1.92. The van der Waals surface area contributed by atoms with E-state index in [4.69, 9.17) is 5.73 Å². The summed E-state index contributed by atoms with van der Waals surface area (Å²) < 4.78 is 1.07. The molecule has 0 aliphatic rings. The van der Waals surface area contributed by atoms with E-state index in [1.54, 1.807) is 0 Å². The summed E-state index contributed by atoms with van der Waals surface area (Å²) in [6.07, 6.45) is 0. The van der Waals surface area contributed by atoms with Gasteiger partial charge in [0.05, 0.1) is 16.8 Å². The van der Waals surface area contributed by atoms with E-state index in [2.05, 4.69) is 24.1 Å². The van der Waals surface area contributed by atoms with E-state index in [0.717, 1.165) is 16.8 Å². The lowest BCUT2D eigenvalue weighted by Gasteiger charge is -2.28. The highest BCUT2D eigenvalue weighted by atomic mass is 32.1. The third kappa shape index (κ3) is 4.49. The van der Waals surface area contributed by atoms with Crippen LogP contribution in [-0.4, -0.2) is 42.5 Å². The summed E-state index contributed by atoms with van der Waals surface area (Å²) >= 11 is 1.49. The van der Waals surface area contributed by atoms with Crippen molar-refractivity contribution in [3.63, 3.8) is 0 Å². The fraction of sp³-hybridized carbons (Fsp3) is 0.467. The van der Waals surface area contributed by atoms with Crippen LogP contribution in [0.4, 0.5) is 5.13 Å². The molecule has 1 aromatic carbocycles. The molecule has 0 radical (unpaired) electrons. The molecule has 5 nitrogen and oxygen atoms in total. The summed E-state index contributed by atoms with van der Waals surface area (Å²) in [6, 6.07) is 7.85. The van der Waals surface area contributed by atoms with Crippen molar-refractivity contribution in [2.75, 3.05) is 32.0 Å². The summed E-state index contributed by atoms with van der Waals surface area (Å²) in [5, 5.41) is 3.51. The number of thiazole rings is 1. The molecule has 0 atom stereocenters. The first-order valence-corrected chi connectivity index (χ1v) is 7.75. The minimum Gasteiger partial charge on any atom is -0.330 e. The number of likely N-dealkylation sites (N-methyl/N-ethyl adjacent to an activating group) is 1. The lowest BCUT2D eigenvalue weighted by molar-refractivity contribution is -0.117. The minimum absolute atomic E-state index is 0.00485. The number of carbonyl (C=O) groups excluding carboxylic acids is 1. The maximum Gasteiger partial charge on any atom is 0.240 e. The van der Waals surface area contributed by atoms with Crippen LogP contribution in [0.1, 0.15) is 13.8 Å². The van der Waals surface area contributed by atoms with Gasteiger partial charge in [-0.05, 0) is 31.1 Å². The number of hydrogen-bond acceptors (Lipinski definition) is 5. The zero-order valence-corrected chi connectivity index (χ0v) is 13.5. The van der Waals surface area contributed by atoms with Crippen molar-refractivity contribution >= 4 is 32.6 Å². The first-order valence-electron chi connectivity index (χ1n) is 6.94. The fourth-order valence-corrected chi connectivity index (χ4v) is 3.06. The summed E-state index contributed by atoms with van der Waals surface area (Å²) in [7, 11) is 1.93. The SMILES string of the molecule is CN(CC(=O)Nc1nc2ccccc2s1)CC(C)(C)CN. The largest absolute Gasteiger partial charge is 0.330 e. The first kappa shape index (κ1) is 15.9. The molecule has 1 aromatic heterocycles. The number of nitrogens with one attached hydrogen (secondary N) is 1. The molecule has 0 aliphatic carbocycles. The molecule has 2 aromatic rings. The Hall–Kier alpha value is -1.50. The number of rotatable bonds is 6. The normalized spacial score (nSPS) is 12.0. The number of hydrogen-bond donors (Lipinski definition) is 2. The Morgan fingerprint density at radius 1 is 1.43 bits per heavy atom. The van der Waals surface area contributed by atoms with Gasteiger partial charge in [-0.15, -0.1) is 0 Å². The molecule has 3 N–H and O–H groups in total. The average Bonchev–Trinajstić information content (AvgIpc) is 2.79. The quantitative estimate of drug-likeness (QED) is 0.858. The van der Waals surface area contributed by atoms with Crippen molar-refractivity contribution in [1.82, 2.24) is 9.88 Å². The number of nitrogens with two attached hydrogens (primary N) is 1. The zero-order valence-electron chi connectivity index (χ0n) is 12.7. The summed E-state index contributed by atoms with van der Waals surface area (Å²) in [5.41, 5.74) is 6.63. The van der Waals surface area contributed by atoms with Gasteiger partial charge >= 0.3 is 0 Å². The third-order valence-corrected chi connectivity index (χ3v) is 4.16. The van der Waals surface area contributed by atoms with Gasteiger partial charge in [0.25, 0.3) is 0 Å². The highest BCUT2D eigenvalue weighted by Crippen LogP contribution is 2.25. The van der Waals surface area contributed by atoms with Crippen molar-refractivity contribution < 1.29 is 4.79 Å². The second-order valence-corrected chi connectivity index (χ2v) is 7.11. The molecule has 0 aliphatic heterocycles. The van der Waals surface area contributed by atoms with Crippen molar-refractivity contribution in [1.29, 1.82) is 0 Å². The Bertz CT molecular complexity index is 590. The molecular weight excluding hydrogens is 284 g/mol. The number of amides is 1. The van der Waals surface area contributed by atoms with E-state index in [1.807, 2.05) is 36.2 Å². The van der Waals surface area contributed by atoms with Gasteiger partial charge in [-0.25, -0.2) is 4.98 Å². The number of carbonyl (C=O) groups is 1. The molecular formula is C15H22N4OS. The van der Waals surface area contributed by atoms with Gasteiger partial charge in [0.15, 0.2) is 5.13 Å². The minimum atomic E-state index is -0.0515. The number of aromatic nitrogens is 1. The van der Waals surface area contributed by atoms with Crippen molar-refractivity contribution in [3.05, 3.63) is 24.3 Å². The van der Waals surface area contributed by atoms with E-state index in [9.17, 15) is 4.79 Å². The maximum atomic E-state index is 12.1. The molecule has 6 heteroatoms. The van der Waals surface area contributed by atoms with E-state index in [1.165, 1.54) is 11.3 Å². The maximum absolute atomic E-state index is 12.1. The topological polar surface area (TPSA) is 71.2 Å². The Morgan fingerprint density at radius 2 is 2.14 bits per heavy atom. The van der Waals surface area contributed by atoms with Crippen molar-refractivity contribution in [2.24, 2.45) is 11.1 Å². The van der Waals surface area contributed by atoms with Gasteiger partial charge in [-0.1, -0.05) is 37.3 Å².